The number of aromatic amines is 1. The summed E-state index contributed by atoms with van der Waals surface area (Å²) in [6, 6.07) is 10.9. The molecular weight excluding hydrogens is 442 g/mol. The number of amides is 1. The van der Waals surface area contributed by atoms with Gasteiger partial charge in [0.25, 0.3) is 5.91 Å². The topological polar surface area (TPSA) is 146 Å². The predicted molar refractivity (Wildman–Crippen MR) is 123 cm³/mol. The van der Waals surface area contributed by atoms with Gasteiger partial charge in [-0.1, -0.05) is 6.07 Å². The minimum atomic E-state index is -3.20. The summed E-state index contributed by atoms with van der Waals surface area (Å²) < 4.78 is 24.3. The average Bonchev–Trinajstić information content (AvgIpc) is 3.38. The fourth-order valence-electron chi connectivity index (χ4n) is 3.22. The van der Waals surface area contributed by atoms with E-state index in [1.165, 1.54) is 4.68 Å². The van der Waals surface area contributed by atoms with E-state index in [4.69, 9.17) is 5.26 Å². The Hall–Kier alpha value is -4.04. The Labute approximate surface area is 190 Å². The zero-order chi connectivity index (χ0) is 23.8. The number of fused-ring (bicyclic) bond motifs is 1. The van der Waals surface area contributed by atoms with Crippen LogP contribution in [0.15, 0.2) is 48.9 Å². The highest BCUT2D eigenvalue weighted by Gasteiger charge is 2.21. The number of hydrogen-bond acceptors (Lipinski definition) is 7. The van der Waals surface area contributed by atoms with Crippen molar-refractivity contribution in [1.82, 2.24) is 30.0 Å². The minimum absolute atomic E-state index is 0.198. The van der Waals surface area contributed by atoms with Gasteiger partial charge in [0.2, 0.25) is 0 Å². The SMILES string of the molecule is CC(C)(C#N)NC(=O)c1cccc(-c2cnc3[nH]c(-c4cnn(CS(C)(=O)=O)c4)cc3c2)n1. The Balaban J connectivity index is 1.62. The molecule has 4 rings (SSSR count). The monoisotopic (exact) mass is 463 g/mol. The molecule has 33 heavy (non-hydrogen) atoms. The van der Waals surface area contributed by atoms with Gasteiger partial charge in [0.15, 0.2) is 9.84 Å². The van der Waals surface area contributed by atoms with Crippen molar-refractivity contribution in [3.05, 3.63) is 54.6 Å². The van der Waals surface area contributed by atoms with Crippen LogP contribution in [0, 0.1) is 11.3 Å². The molecule has 0 aliphatic rings. The van der Waals surface area contributed by atoms with Gasteiger partial charge < -0.3 is 10.3 Å². The van der Waals surface area contributed by atoms with Crippen molar-refractivity contribution >= 4 is 26.8 Å². The van der Waals surface area contributed by atoms with Gasteiger partial charge in [0.1, 0.15) is 22.8 Å². The quantitative estimate of drug-likeness (QED) is 0.446. The average molecular weight is 464 g/mol. The summed E-state index contributed by atoms with van der Waals surface area (Å²) in [5.74, 6) is -0.635. The first-order chi connectivity index (χ1) is 15.5. The van der Waals surface area contributed by atoms with Gasteiger partial charge in [0.05, 0.1) is 23.7 Å². The molecule has 0 fully saturated rings. The van der Waals surface area contributed by atoms with Crippen LogP contribution in [0.3, 0.4) is 0 Å². The maximum absolute atomic E-state index is 12.5. The molecule has 0 radical (unpaired) electrons. The van der Waals surface area contributed by atoms with Crippen LogP contribution in [0.4, 0.5) is 0 Å². The normalized spacial score (nSPS) is 11.9. The number of carbonyl (C=O) groups is 1. The maximum atomic E-state index is 12.5. The Bertz CT molecular complexity index is 1510. The van der Waals surface area contributed by atoms with E-state index in [1.807, 2.05) is 18.2 Å². The lowest BCUT2D eigenvalue weighted by Crippen LogP contribution is -2.42. The standard InChI is InChI=1S/C22H21N7O3S/c1-22(2,12-23)28-21(30)18-6-4-5-17(26-18)15-7-14-8-19(27-20(14)24-9-15)16-10-25-29(11-16)13-33(3,31)32/h4-11H,13H2,1-3H3,(H,24,27)(H,28,30). The fourth-order valence-corrected chi connectivity index (χ4v) is 3.84. The molecule has 0 aliphatic carbocycles. The van der Waals surface area contributed by atoms with E-state index in [0.29, 0.717) is 11.3 Å². The third-order valence-corrected chi connectivity index (χ3v) is 5.50. The molecular formula is C22H21N7O3S. The Morgan fingerprint density at radius 1 is 1.24 bits per heavy atom. The number of H-pyrrole nitrogens is 1. The van der Waals surface area contributed by atoms with Gasteiger partial charge in [-0.05, 0) is 38.1 Å². The molecule has 11 heteroatoms. The molecule has 2 N–H and O–H groups in total. The molecule has 0 aromatic carbocycles. The number of aromatic nitrogens is 5. The zero-order valence-electron chi connectivity index (χ0n) is 18.2. The van der Waals surface area contributed by atoms with Crippen molar-refractivity contribution in [3.8, 4) is 28.6 Å². The Kier molecular flexibility index (Phi) is 5.47. The Morgan fingerprint density at radius 3 is 2.76 bits per heavy atom. The highest BCUT2D eigenvalue weighted by molar-refractivity contribution is 7.89. The molecule has 10 nitrogen and oxygen atoms in total. The van der Waals surface area contributed by atoms with E-state index < -0.39 is 21.3 Å². The number of pyridine rings is 2. The number of nitrogens with one attached hydrogen (secondary N) is 2. The van der Waals surface area contributed by atoms with Crippen LogP contribution in [0.2, 0.25) is 0 Å². The van der Waals surface area contributed by atoms with E-state index in [0.717, 1.165) is 28.5 Å². The van der Waals surface area contributed by atoms with E-state index >= 15 is 0 Å². The maximum Gasteiger partial charge on any atom is 0.271 e. The molecule has 0 unspecified atom stereocenters. The van der Waals surface area contributed by atoms with Crippen molar-refractivity contribution in [3.63, 3.8) is 0 Å². The van der Waals surface area contributed by atoms with Gasteiger partial charge in [-0.2, -0.15) is 10.4 Å². The highest BCUT2D eigenvalue weighted by Crippen LogP contribution is 2.26. The van der Waals surface area contributed by atoms with Gasteiger partial charge >= 0.3 is 0 Å². The predicted octanol–water partition coefficient (Wildman–Crippen LogP) is 2.52. The number of nitrogens with zero attached hydrogens (tertiary/aromatic N) is 5. The van der Waals surface area contributed by atoms with E-state index in [1.54, 1.807) is 50.6 Å². The molecule has 1 amide bonds. The second-order valence-corrected chi connectivity index (χ2v) is 10.4. The van der Waals surface area contributed by atoms with Crippen LogP contribution in [-0.2, 0) is 15.7 Å². The first-order valence-electron chi connectivity index (χ1n) is 9.93. The number of hydrogen-bond donors (Lipinski definition) is 2. The third kappa shape index (κ3) is 5.07. The molecule has 0 spiro atoms. The van der Waals surface area contributed by atoms with Crippen LogP contribution >= 0.6 is 0 Å². The number of rotatable bonds is 6. The molecule has 0 saturated heterocycles. The summed E-state index contributed by atoms with van der Waals surface area (Å²) in [4.78, 5) is 24.6. The first kappa shape index (κ1) is 22.2. The number of nitriles is 1. The summed E-state index contributed by atoms with van der Waals surface area (Å²) in [7, 11) is -3.20. The molecule has 0 aliphatic heterocycles. The molecule has 0 saturated carbocycles. The summed E-state index contributed by atoms with van der Waals surface area (Å²) in [5.41, 5.74) is 2.60. The lowest BCUT2D eigenvalue weighted by Gasteiger charge is -2.17. The molecule has 4 heterocycles. The van der Waals surface area contributed by atoms with Crippen molar-refractivity contribution in [1.29, 1.82) is 5.26 Å². The van der Waals surface area contributed by atoms with Crippen LogP contribution in [-0.4, -0.2) is 50.9 Å². The molecule has 0 atom stereocenters. The fraction of sp³-hybridized carbons (Fsp3) is 0.227. The smallest absolute Gasteiger partial charge is 0.271 e. The minimum Gasteiger partial charge on any atom is -0.339 e. The van der Waals surface area contributed by atoms with Gasteiger partial charge in [-0.25, -0.2) is 18.4 Å². The van der Waals surface area contributed by atoms with Crippen LogP contribution < -0.4 is 5.32 Å². The van der Waals surface area contributed by atoms with E-state index in [-0.39, 0.29) is 11.6 Å². The third-order valence-electron chi connectivity index (χ3n) is 4.76. The van der Waals surface area contributed by atoms with Gasteiger partial charge in [-0.15, -0.1) is 0 Å². The van der Waals surface area contributed by atoms with Crippen molar-refractivity contribution in [2.45, 2.75) is 25.3 Å². The largest absolute Gasteiger partial charge is 0.339 e. The summed E-state index contributed by atoms with van der Waals surface area (Å²) in [6.07, 6.45) is 6.04. The Morgan fingerprint density at radius 2 is 2.03 bits per heavy atom. The highest BCUT2D eigenvalue weighted by atomic mass is 32.2. The lowest BCUT2D eigenvalue weighted by atomic mass is 10.1. The molecule has 0 bridgehead atoms. The van der Waals surface area contributed by atoms with Crippen LogP contribution in [0.25, 0.3) is 33.5 Å². The lowest BCUT2D eigenvalue weighted by molar-refractivity contribution is 0.0924. The number of carbonyl (C=O) groups excluding carboxylic acids is 1. The summed E-state index contributed by atoms with van der Waals surface area (Å²) >= 11 is 0. The van der Waals surface area contributed by atoms with Crippen molar-refractivity contribution in [2.75, 3.05) is 6.26 Å². The van der Waals surface area contributed by atoms with E-state index in [2.05, 4.69) is 25.4 Å². The van der Waals surface area contributed by atoms with Crippen LogP contribution in [0.5, 0.6) is 0 Å². The second-order valence-electron chi connectivity index (χ2n) is 8.27. The summed E-state index contributed by atoms with van der Waals surface area (Å²) in [5, 5.41) is 16.7. The van der Waals surface area contributed by atoms with Gasteiger partial charge in [0, 0.05) is 35.2 Å². The van der Waals surface area contributed by atoms with Crippen molar-refractivity contribution < 1.29 is 13.2 Å². The summed E-state index contributed by atoms with van der Waals surface area (Å²) in [6.45, 7) is 3.22. The van der Waals surface area contributed by atoms with Crippen molar-refractivity contribution in [2.24, 2.45) is 0 Å². The van der Waals surface area contributed by atoms with Gasteiger partial charge in [-0.3, -0.25) is 9.48 Å². The molecule has 4 aromatic heterocycles. The zero-order valence-corrected chi connectivity index (χ0v) is 19.0. The first-order valence-corrected chi connectivity index (χ1v) is 12.0. The second kappa shape index (κ2) is 8.14. The molecule has 4 aromatic rings. The number of sulfone groups is 1. The molecule has 168 valence electrons. The van der Waals surface area contributed by atoms with E-state index in [9.17, 15) is 13.2 Å². The van der Waals surface area contributed by atoms with Crippen LogP contribution in [0.1, 0.15) is 24.3 Å².